The number of halogens is 1. The van der Waals surface area contributed by atoms with Crippen molar-refractivity contribution >= 4 is 0 Å². The van der Waals surface area contributed by atoms with Crippen LogP contribution in [0.1, 0.15) is 5.56 Å². The first-order valence-corrected chi connectivity index (χ1v) is 5.45. The second kappa shape index (κ2) is 8.00. The van der Waals surface area contributed by atoms with E-state index in [2.05, 4.69) is 0 Å². The van der Waals surface area contributed by atoms with Crippen LogP contribution in [-0.4, -0.2) is 33.5 Å². The molecule has 0 radical (unpaired) electrons. The Morgan fingerprint density at radius 1 is 1.12 bits per heavy atom. The summed E-state index contributed by atoms with van der Waals surface area (Å²) in [6.45, 7) is 2.18. The van der Waals surface area contributed by atoms with E-state index in [4.69, 9.17) is 19.9 Å². The third kappa shape index (κ3) is 5.63. The zero-order valence-corrected chi connectivity index (χ0v) is 9.95. The van der Waals surface area contributed by atoms with Gasteiger partial charge in [-0.1, -0.05) is 0 Å². The zero-order valence-electron chi connectivity index (χ0n) is 9.95. The van der Waals surface area contributed by atoms with Gasteiger partial charge in [0.2, 0.25) is 0 Å². The van der Waals surface area contributed by atoms with E-state index in [9.17, 15) is 4.39 Å². The summed E-state index contributed by atoms with van der Waals surface area (Å²) in [5, 5.41) is 0. The quantitative estimate of drug-likeness (QED) is 0.700. The molecule has 0 aromatic heterocycles. The summed E-state index contributed by atoms with van der Waals surface area (Å²) in [4.78, 5) is 0. The van der Waals surface area contributed by atoms with Gasteiger partial charge in [0.15, 0.2) is 0 Å². The Morgan fingerprint density at radius 2 is 1.88 bits per heavy atom. The third-order valence-corrected chi connectivity index (χ3v) is 2.09. The standard InChI is InChI=1S/C12H18FNO3/c1-15-2-3-16-4-5-17-12-7-10(9-14)6-11(13)8-12/h6-8H,2-5,9,14H2,1H3. The third-order valence-electron chi connectivity index (χ3n) is 2.09. The van der Waals surface area contributed by atoms with Crippen LogP contribution in [0.15, 0.2) is 18.2 Å². The van der Waals surface area contributed by atoms with Crippen molar-refractivity contribution in [1.29, 1.82) is 0 Å². The van der Waals surface area contributed by atoms with E-state index >= 15 is 0 Å². The largest absolute Gasteiger partial charge is 0.491 e. The first-order chi connectivity index (χ1) is 8.26. The summed E-state index contributed by atoms with van der Waals surface area (Å²) >= 11 is 0. The molecule has 0 heterocycles. The van der Waals surface area contributed by atoms with Crippen molar-refractivity contribution in [2.45, 2.75) is 6.54 Å². The minimum Gasteiger partial charge on any atom is -0.491 e. The van der Waals surface area contributed by atoms with E-state index < -0.39 is 0 Å². The van der Waals surface area contributed by atoms with Crippen LogP contribution in [-0.2, 0) is 16.0 Å². The molecule has 4 nitrogen and oxygen atoms in total. The van der Waals surface area contributed by atoms with Crippen LogP contribution in [0.5, 0.6) is 5.75 Å². The molecular weight excluding hydrogens is 225 g/mol. The average molecular weight is 243 g/mol. The molecule has 1 aromatic carbocycles. The number of nitrogens with two attached hydrogens (primary N) is 1. The van der Waals surface area contributed by atoms with Gasteiger partial charge in [-0.25, -0.2) is 4.39 Å². The highest BCUT2D eigenvalue weighted by Gasteiger charge is 2.00. The molecule has 0 saturated heterocycles. The summed E-state index contributed by atoms with van der Waals surface area (Å²) in [7, 11) is 1.61. The molecule has 0 unspecified atom stereocenters. The van der Waals surface area contributed by atoms with E-state index in [0.717, 1.165) is 0 Å². The van der Waals surface area contributed by atoms with E-state index in [1.54, 1.807) is 13.2 Å². The second-order valence-electron chi connectivity index (χ2n) is 3.45. The van der Waals surface area contributed by atoms with Gasteiger partial charge in [-0.05, 0) is 17.7 Å². The van der Waals surface area contributed by atoms with Crippen LogP contribution in [0.4, 0.5) is 4.39 Å². The fraction of sp³-hybridized carbons (Fsp3) is 0.500. The Labute approximate surface area is 100 Å². The fourth-order valence-electron chi connectivity index (χ4n) is 1.28. The van der Waals surface area contributed by atoms with Gasteiger partial charge >= 0.3 is 0 Å². The highest BCUT2D eigenvalue weighted by atomic mass is 19.1. The second-order valence-corrected chi connectivity index (χ2v) is 3.45. The molecule has 0 aliphatic rings. The van der Waals surface area contributed by atoms with Crippen LogP contribution in [0.3, 0.4) is 0 Å². The van der Waals surface area contributed by atoms with Crippen molar-refractivity contribution in [2.24, 2.45) is 5.73 Å². The van der Waals surface area contributed by atoms with Crippen LogP contribution in [0.25, 0.3) is 0 Å². The van der Waals surface area contributed by atoms with Gasteiger partial charge in [-0.2, -0.15) is 0 Å². The van der Waals surface area contributed by atoms with Crippen molar-refractivity contribution in [3.8, 4) is 5.75 Å². The lowest BCUT2D eigenvalue weighted by molar-refractivity contribution is 0.0543. The number of methoxy groups -OCH3 is 1. The van der Waals surface area contributed by atoms with Crippen molar-refractivity contribution in [2.75, 3.05) is 33.5 Å². The normalized spacial score (nSPS) is 10.5. The van der Waals surface area contributed by atoms with E-state index in [1.165, 1.54) is 12.1 Å². The summed E-state index contributed by atoms with van der Waals surface area (Å²) < 4.78 is 28.5. The van der Waals surface area contributed by atoms with E-state index in [-0.39, 0.29) is 5.82 Å². The van der Waals surface area contributed by atoms with Gasteiger partial charge < -0.3 is 19.9 Å². The van der Waals surface area contributed by atoms with Crippen LogP contribution in [0, 0.1) is 5.82 Å². The molecule has 96 valence electrons. The highest BCUT2D eigenvalue weighted by Crippen LogP contribution is 2.15. The average Bonchev–Trinajstić information content (AvgIpc) is 2.33. The van der Waals surface area contributed by atoms with Crippen LogP contribution >= 0.6 is 0 Å². The Morgan fingerprint density at radius 3 is 2.59 bits per heavy atom. The molecule has 0 fully saturated rings. The van der Waals surface area contributed by atoms with Crippen LogP contribution < -0.4 is 10.5 Å². The summed E-state index contributed by atoms with van der Waals surface area (Å²) in [5.74, 6) is 0.129. The van der Waals surface area contributed by atoms with Crippen molar-refractivity contribution in [3.05, 3.63) is 29.6 Å². The SMILES string of the molecule is COCCOCCOc1cc(F)cc(CN)c1. The van der Waals surface area contributed by atoms with Crippen molar-refractivity contribution in [3.63, 3.8) is 0 Å². The topological polar surface area (TPSA) is 53.7 Å². The molecule has 1 rings (SSSR count). The molecule has 0 bridgehead atoms. The smallest absolute Gasteiger partial charge is 0.127 e. The Hall–Kier alpha value is -1.17. The van der Waals surface area contributed by atoms with Gasteiger partial charge in [0, 0.05) is 19.7 Å². The minimum absolute atomic E-state index is 0.290. The van der Waals surface area contributed by atoms with Gasteiger partial charge in [-0.3, -0.25) is 0 Å². The molecule has 2 N–H and O–H groups in total. The van der Waals surface area contributed by atoms with Gasteiger partial charge in [0.25, 0.3) is 0 Å². The van der Waals surface area contributed by atoms with Crippen molar-refractivity contribution < 1.29 is 18.6 Å². The van der Waals surface area contributed by atoms with E-state index in [0.29, 0.717) is 44.3 Å². The summed E-state index contributed by atoms with van der Waals surface area (Å²) in [6.07, 6.45) is 0. The highest BCUT2D eigenvalue weighted by molar-refractivity contribution is 5.29. The van der Waals surface area contributed by atoms with Gasteiger partial charge in [0.1, 0.15) is 18.2 Å². The number of ether oxygens (including phenoxy) is 3. The lowest BCUT2D eigenvalue weighted by Gasteiger charge is -2.08. The Balaban J connectivity index is 2.28. The number of benzene rings is 1. The van der Waals surface area contributed by atoms with E-state index in [1.807, 2.05) is 0 Å². The molecule has 0 saturated carbocycles. The Kier molecular flexibility index (Phi) is 6.54. The minimum atomic E-state index is -0.344. The van der Waals surface area contributed by atoms with Crippen LogP contribution in [0.2, 0.25) is 0 Å². The monoisotopic (exact) mass is 243 g/mol. The molecular formula is C12H18FNO3. The molecule has 0 aliphatic heterocycles. The number of rotatable bonds is 8. The molecule has 17 heavy (non-hydrogen) atoms. The predicted octanol–water partition coefficient (Wildman–Crippen LogP) is 1.33. The fourth-order valence-corrected chi connectivity index (χ4v) is 1.28. The van der Waals surface area contributed by atoms with Crippen molar-refractivity contribution in [1.82, 2.24) is 0 Å². The maximum atomic E-state index is 13.1. The summed E-state index contributed by atoms with van der Waals surface area (Å²) in [5.41, 5.74) is 6.15. The molecule has 0 atom stereocenters. The molecule has 0 spiro atoms. The Bertz CT molecular complexity index is 334. The first-order valence-electron chi connectivity index (χ1n) is 5.45. The zero-order chi connectivity index (χ0) is 12.5. The summed E-state index contributed by atoms with van der Waals surface area (Å²) in [6, 6.07) is 4.44. The lowest BCUT2D eigenvalue weighted by Crippen LogP contribution is -2.10. The molecule has 5 heteroatoms. The molecule has 1 aromatic rings. The van der Waals surface area contributed by atoms with Gasteiger partial charge in [-0.15, -0.1) is 0 Å². The molecule has 0 amide bonds. The number of hydrogen-bond donors (Lipinski definition) is 1. The molecule has 0 aliphatic carbocycles. The van der Waals surface area contributed by atoms with Gasteiger partial charge in [0.05, 0.1) is 19.8 Å². The first kappa shape index (κ1) is 13.9. The predicted molar refractivity (Wildman–Crippen MR) is 62.5 cm³/mol. The number of hydrogen-bond acceptors (Lipinski definition) is 4. The maximum Gasteiger partial charge on any atom is 0.127 e. The maximum absolute atomic E-state index is 13.1. The lowest BCUT2D eigenvalue weighted by atomic mass is 10.2.